The van der Waals surface area contributed by atoms with Gasteiger partial charge in [0.05, 0.1) is 12.1 Å². The highest BCUT2D eigenvalue weighted by molar-refractivity contribution is 6.31. The van der Waals surface area contributed by atoms with Gasteiger partial charge < -0.3 is 14.8 Å². The van der Waals surface area contributed by atoms with E-state index in [-0.39, 0.29) is 25.0 Å². The standard InChI is InChI=1S/C22H18ClN3O4/c1-14(27)26(17-6-7-19-20(12-17)30-13-29-19)21-11-16(8-9-24-21)25-22(28)10-15-4-2-3-5-18(15)23/h2-9,11-12H,10,13H2,1H3,(H,24,25,28). The Kier molecular flexibility index (Phi) is 5.54. The first-order chi connectivity index (χ1) is 14.5. The molecule has 2 amide bonds. The first-order valence-electron chi connectivity index (χ1n) is 9.21. The molecule has 0 atom stereocenters. The van der Waals surface area contributed by atoms with Crippen molar-refractivity contribution in [1.82, 2.24) is 4.98 Å². The van der Waals surface area contributed by atoms with Gasteiger partial charge in [0.25, 0.3) is 0 Å². The molecule has 2 heterocycles. The van der Waals surface area contributed by atoms with Crippen molar-refractivity contribution in [3.63, 3.8) is 0 Å². The number of nitrogens with zero attached hydrogens (tertiary/aromatic N) is 2. The van der Waals surface area contributed by atoms with E-state index in [9.17, 15) is 9.59 Å². The van der Waals surface area contributed by atoms with E-state index >= 15 is 0 Å². The molecule has 2 aromatic carbocycles. The van der Waals surface area contributed by atoms with Gasteiger partial charge in [0.15, 0.2) is 11.5 Å². The number of rotatable bonds is 5. The van der Waals surface area contributed by atoms with Crippen LogP contribution in [0, 0.1) is 0 Å². The smallest absolute Gasteiger partial charge is 0.231 e. The first-order valence-corrected chi connectivity index (χ1v) is 9.59. The maximum atomic E-state index is 12.4. The summed E-state index contributed by atoms with van der Waals surface area (Å²) in [6.07, 6.45) is 1.67. The molecule has 1 aliphatic heterocycles. The van der Waals surface area contributed by atoms with Gasteiger partial charge in [0.2, 0.25) is 18.6 Å². The van der Waals surface area contributed by atoms with Gasteiger partial charge in [-0.2, -0.15) is 0 Å². The zero-order chi connectivity index (χ0) is 21.1. The molecule has 1 aliphatic rings. The molecule has 0 fully saturated rings. The Bertz CT molecular complexity index is 1120. The molecule has 1 aromatic heterocycles. The van der Waals surface area contributed by atoms with E-state index in [4.69, 9.17) is 21.1 Å². The van der Waals surface area contributed by atoms with Crippen LogP contribution in [-0.4, -0.2) is 23.6 Å². The second kappa shape index (κ2) is 8.42. The number of hydrogen-bond acceptors (Lipinski definition) is 5. The molecule has 8 heteroatoms. The van der Waals surface area contributed by atoms with Crippen LogP contribution in [0.3, 0.4) is 0 Å². The van der Waals surface area contributed by atoms with Crippen LogP contribution in [0.15, 0.2) is 60.8 Å². The van der Waals surface area contributed by atoms with Crippen LogP contribution < -0.4 is 19.7 Å². The Labute approximate surface area is 178 Å². The summed E-state index contributed by atoms with van der Waals surface area (Å²) < 4.78 is 10.7. The summed E-state index contributed by atoms with van der Waals surface area (Å²) in [5, 5.41) is 3.36. The average Bonchev–Trinajstić information content (AvgIpc) is 3.18. The number of anilines is 3. The Morgan fingerprint density at radius 3 is 2.70 bits per heavy atom. The van der Waals surface area contributed by atoms with Gasteiger partial charge >= 0.3 is 0 Å². The van der Waals surface area contributed by atoms with Gasteiger partial charge in [0, 0.05) is 36.0 Å². The summed E-state index contributed by atoms with van der Waals surface area (Å²) in [5.74, 6) is 1.09. The Balaban J connectivity index is 1.56. The maximum Gasteiger partial charge on any atom is 0.231 e. The van der Waals surface area contributed by atoms with Crippen LogP contribution >= 0.6 is 11.6 Å². The lowest BCUT2D eigenvalue weighted by Gasteiger charge is -2.21. The molecule has 0 radical (unpaired) electrons. The summed E-state index contributed by atoms with van der Waals surface area (Å²) >= 11 is 6.13. The molecular formula is C22H18ClN3O4. The van der Waals surface area contributed by atoms with E-state index in [1.165, 1.54) is 18.0 Å². The number of halogens is 1. The van der Waals surface area contributed by atoms with Crippen LogP contribution in [0.5, 0.6) is 11.5 Å². The summed E-state index contributed by atoms with van der Waals surface area (Å²) in [6, 6.07) is 15.7. The largest absolute Gasteiger partial charge is 0.454 e. The van der Waals surface area contributed by atoms with Crippen molar-refractivity contribution in [1.29, 1.82) is 0 Å². The fourth-order valence-corrected chi connectivity index (χ4v) is 3.34. The number of fused-ring (bicyclic) bond motifs is 1. The number of ether oxygens (including phenoxy) is 2. The maximum absolute atomic E-state index is 12.4. The number of nitrogens with one attached hydrogen (secondary N) is 1. The van der Waals surface area contributed by atoms with Crippen molar-refractivity contribution in [3.8, 4) is 11.5 Å². The van der Waals surface area contributed by atoms with Crippen molar-refractivity contribution in [2.75, 3.05) is 17.0 Å². The van der Waals surface area contributed by atoms with Crippen molar-refractivity contribution in [2.24, 2.45) is 0 Å². The molecule has 0 saturated carbocycles. The molecule has 152 valence electrons. The fourth-order valence-electron chi connectivity index (χ4n) is 3.14. The fraction of sp³-hybridized carbons (Fsp3) is 0.136. The molecule has 0 spiro atoms. The van der Waals surface area contributed by atoms with Crippen LogP contribution in [0.25, 0.3) is 0 Å². The Morgan fingerprint density at radius 1 is 1.10 bits per heavy atom. The van der Waals surface area contributed by atoms with E-state index in [0.29, 0.717) is 33.7 Å². The van der Waals surface area contributed by atoms with E-state index in [1.807, 2.05) is 12.1 Å². The molecule has 1 N–H and O–H groups in total. The summed E-state index contributed by atoms with van der Waals surface area (Å²) in [6.45, 7) is 1.58. The molecule has 4 rings (SSSR count). The number of hydrogen-bond donors (Lipinski definition) is 1. The van der Waals surface area contributed by atoms with E-state index < -0.39 is 0 Å². The molecule has 3 aromatic rings. The highest BCUT2D eigenvalue weighted by atomic mass is 35.5. The topological polar surface area (TPSA) is 80.8 Å². The molecular weight excluding hydrogens is 406 g/mol. The van der Waals surface area contributed by atoms with E-state index in [0.717, 1.165) is 5.56 Å². The van der Waals surface area contributed by atoms with Gasteiger partial charge in [-0.3, -0.25) is 14.5 Å². The molecule has 0 unspecified atom stereocenters. The lowest BCUT2D eigenvalue weighted by molar-refractivity contribution is -0.116. The lowest BCUT2D eigenvalue weighted by atomic mass is 10.1. The van der Waals surface area contributed by atoms with Gasteiger partial charge in [-0.25, -0.2) is 4.98 Å². The molecule has 7 nitrogen and oxygen atoms in total. The third kappa shape index (κ3) is 4.21. The molecule has 30 heavy (non-hydrogen) atoms. The van der Waals surface area contributed by atoms with Crippen LogP contribution in [-0.2, 0) is 16.0 Å². The van der Waals surface area contributed by atoms with Crippen molar-refractivity contribution >= 4 is 40.6 Å². The quantitative estimate of drug-likeness (QED) is 0.660. The van der Waals surface area contributed by atoms with Crippen LogP contribution in [0.4, 0.5) is 17.2 Å². The Hall–Kier alpha value is -3.58. The SMILES string of the molecule is CC(=O)N(c1ccc2c(c1)OCO2)c1cc(NC(=O)Cc2ccccc2Cl)ccn1. The van der Waals surface area contributed by atoms with Gasteiger partial charge in [-0.15, -0.1) is 0 Å². The second-order valence-corrected chi connectivity index (χ2v) is 7.02. The number of carbonyl (C=O) groups excluding carboxylic acids is 2. The third-order valence-corrected chi connectivity index (χ3v) is 4.87. The molecule has 0 bridgehead atoms. The normalized spacial score (nSPS) is 11.8. The third-order valence-electron chi connectivity index (χ3n) is 4.50. The van der Waals surface area contributed by atoms with Gasteiger partial charge in [-0.1, -0.05) is 29.8 Å². The number of benzene rings is 2. The van der Waals surface area contributed by atoms with Gasteiger partial charge in [-0.05, 0) is 29.8 Å². The van der Waals surface area contributed by atoms with Crippen molar-refractivity contribution in [3.05, 3.63) is 71.4 Å². The molecule has 0 saturated heterocycles. The van der Waals surface area contributed by atoms with Gasteiger partial charge in [0.1, 0.15) is 5.82 Å². The van der Waals surface area contributed by atoms with Crippen LogP contribution in [0.2, 0.25) is 5.02 Å². The summed E-state index contributed by atoms with van der Waals surface area (Å²) in [5.41, 5.74) is 1.83. The highest BCUT2D eigenvalue weighted by Crippen LogP contribution is 2.37. The van der Waals surface area contributed by atoms with E-state index in [2.05, 4.69) is 10.3 Å². The number of carbonyl (C=O) groups is 2. The minimum absolute atomic E-state index is 0.135. The zero-order valence-electron chi connectivity index (χ0n) is 16.1. The molecule has 0 aliphatic carbocycles. The van der Waals surface area contributed by atoms with Crippen LogP contribution in [0.1, 0.15) is 12.5 Å². The predicted octanol–water partition coefficient (Wildman–Crippen LogP) is 4.33. The number of pyridine rings is 1. The minimum Gasteiger partial charge on any atom is -0.454 e. The highest BCUT2D eigenvalue weighted by Gasteiger charge is 2.21. The average molecular weight is 424 g/mol. The van der Waals surface area contributed by atoms with Crippen molar-refractivity contribution < 1.29 is 19.1 Å². The number of aromatic nitrogens is 1. The van der Waals surface area contributed by atoms with E-state index in [1.54, 1.807) is 42.5 Å². The van der Waals surface area contributed by atoms with Crippen molar-refractivity contribution in [2.45, 2.75) is 13.3 Å². The lowest BCUT2D eigenvalue weighted by Crippen LogP contribution is -2.24. The number of amides is 2. The Morgan fingerprint density at radius 2 is 1.90 bits per heavy atom. The minimum atomic E-state index is -0.235. The first kappa shape index (κ1) is 19.7. The monoisotopic (exact) mass is 423 g/mol. The second-order valence-electron chi connectivity index (χ2n) is 6.61. The summed E-state index contributed by atoms with van der Waals surface area (Å²) in [4.78, 5) is 30.5. The predicted molar refractivity (Wildman–Crippen MR) is 113 cm³/mol. The summed E-state index contributed by atoms with van der Waals surface area (Å²) in [7, 11) is 0. The zero-order valence-corrected chi connectivity index (χ0v) is 16.8.